The summed E-state index contributed by atoms with van der Waals surface area (Å²) >= 11 is 0. The summed E-state index contributed by atoms with van der Waals surface area (Å²) in [5.41, 5.74) is -1.98. The van der Waals surface area contributed by atoms with Crippen LogP contribution in [0.1, 0.15) is 6.92 Å². The van der Waals surface area contributed by atoms with Gasteiger partial charge in [-0.25, -0.2) is 9.59 Å². The van der Waals surface area contributed by atoms with E-state index in [-0.39, 0.29) is 13.1 Å². The van der Waals surface area contributed by atoms with E-state index >= 15 is 0 Å². The lowest BCUT2D eigenvalue weighted by atomic mass is 10.1. The van der Waals surface area contributed by atoms with E-state index in [0.717, 1.165) is 6.92 Å². The van der Waals surface area contributed by atoms with E-state index in [1.807, 2.05) is 0 Å². The van der Waals surface area contributed by atoms with Crippen molar-refractivity contribution in [2.45, 2.75) is 12.5 Å². The molecule has 0 saturated heterocycles. The number of nitrogens with zero attached hydrogens (tertiary/aromatic N) is 1. The van der Waals surface area contributed by atoms with Crippen LogP contribution in [0.15, 0.2) is 0 Å². The van der Waals surface area contributed by atoms with Crippen LogP contribution in [-0.2, 0) is 4.79 Å². The Kier molecular flexibility index (Phi) is 4.61. The Morgan fingerprint density at radius 2 is 2.13 bits per heavy atom. The smallest absolute Gasteiger partial charge is 0.337 e. The molecule has 1 atom stereocenters. The van der Waals surface area contributed by atoms with Gasteiger partial charge in [0.05, 0.1) is 13.1 Å². The molecule has 0 radical (unpaired) electrons. The molecule has 0 aliphatic heterocycles. The number of hydrogen-bond donors (Lipinski definition) is 3. The molecule has 3 N–H and O–H groups in total. The van der Waals surface area contributed by atoms with Gasteiger partial charge >= 0.3 is 12.0 Å². The van der Waals surface area contributed by atoms with E-state index in [0.29, 0.717) is 0 Å². The molecule has 0 aromatic rings. The van der Waals surface area contributed by atoms with Crippen molar-refractivity contribution >= 4 is 12.0 Å². The summed E-state index contributed by atoms with van der Waals surface area (Å²) in [6.45, 7) is 0.827. The molecule has 84 valence electrons. The average molecular weight is 214 g/mol. The number of carboxylic acid groups (broad SMARTS) is 1. The Morgan fingerprint density at radius 1 is 1.60 bits per heavy atom. The molecule has 6 nitrogen and oxygen atoms in total. The van der Waals surface area contributed by atoms with Crippen LogP contribution in [0.25, 0.3) is 0 Å². The van der Waals surface area contributed by atoms with Crippen LogP contribution >= 0.6 is 0 Å². The third-order valence-corrected chi connectivity index (χ3v) is 1.72. The SMILES string of the molecule is C#CCN(C)C(=O)NCC(C)(O)C(=O)O. The van der Waals surface area contributed by atoms with Gasteiger partial charge < -0.3 is 20.4 Å². The highest BCUT2D eigenvalue weighted by molar-refractivity contribution is 5.79. The summed E-state index contributed by atoms with van der Waals surface area (Å²) in [5.74, 6) is 0.854. The van der Waals surface area contributed by atoms with Crippen molar-refractivity contribution in [3.8, 4) is 12.3 Å². The summed E-state index contributed by atoms with van der Waals surface area (Å²) in [5, 5.41) is 20.1. The Morgan fingerprint density at radius 3 is 2.53 bits per heavy atom. The first-order chi connectivity index (χ1) is 6.81. The van der Waals surface area contributed by atoms with Crippen LogP contribution in [-0.4, -0.2) is 52.9 Å². The molecule has 6 heteroatoms. The number of carboxylic acids is 1. The monoisotopic (exact) mass is 214 g/mol. The molecule has 0 heterocycles. The zero-order valence-corrected chi connectivity index (χ0v) is 8.65. The minimum absolute atomic E-state index is 0.112. The summed E-state index contributed by atoms with van der Waals surface area (Å²) < 4.78 is 0. The maximum absolute atomic E-state index is 11.2. The van der Waals surface area contributed by atoms with Gasteiger partial charge in [0.1, 0.15) is 0 Å². The van der Waals surface area contributed by atoms with E-state index in [4.69, 9.17) is 11.5 Å². The third kappa shape index (κ3) is 4.33. The summed E-state index contributed by atoms with van der Waals surface area (Å²) in [6.07, 6.45) is 4.98. The third-order valence-electron chi connectivity index (χ3n) is 1.72. The maximum atomic E-state index is 11.2. The minimum atomic E-state index is -1.98. The van der Waals surface area contributed by atoms with Gasteiger partial charge in [0.2, 0.25) is 0 Å². The second-order valence-corrected chi connectivity index (χ2v) is 3.30. The van der Waals surface area contributed by atoms with Gasteiger partial charge in [-0.05, 0) is 6.92 Å². The minimum Gasteiger partial charge on any atom is -0.479 e. The zero-order chi connectivity index (χ0) is 12.1. The van der Waals surface area contributed by atoms with Gasteiger partial charge in [-0.15, -0.1) is 6.42 Å². The van der Waals surface area contributed by atoms with E-state index in [2.05, 4.69) is 11.2 Å². The van der Waals surface area contributed by atoms with Gasteiger partial charge in [0, 0.05) is 7.05 Å². The fourth-order valence-electron chi connectivity index (χ4n) is 0.667. The average Bonchev–Trinajstić information content (AvgIpc) is 2.14. The van der Waals surface area contributed by atoms with Crippen LogP contribution in [0.5, 0.6) is 0 Å². The molecular formula is C9H14N2O4. The van der Waals surface area contributed by atoms with E-state index in [1.54, 1.807) is 0 Å². The molecule has 0 aliphatic rings. The highest BCUT2D eigenvalue weighted by atomic mass is 16.4. The standard InChI is InChI=1S/C9H14N2O4/c1-4-5-11(3)8(14)10-6-9(2,15)7(12)13/h1,15H,5-6H2,2-3H3,(H,10,14)(H,12,13). The number of rotatable bonds is 4. The van der Waals surface area contributed by atoms with Crippen molar-refractivity contribution in [1.82, 2.24) is 10.2 Å². The molecule has 0 aromatic heterocycles. The Hall–Kier alpha value is -1.74. The van der Waals surface area contributed by atoms with Gasteiger partial charge in [0.15, 0.2) is 5.60 Å². The summed E-state index contributed by atoms with van der Waals surface area (Å²) in [6, 6.07) is -0.533. The molecule has 0 aliphatic carbocycles. The fourth-order valence-corrected chi connectivity index (χ4v) is 0.667. The van der Waals surface area contributed by atoms with Crippen molar-refractivity contribution < 1.29 is 19.8 Å². The van der Waals surface area contributed by atoms with E-state index < -0.39 is 17.6 Å². The predicted octanol–water partition coefficient (Wildman–Crippen LogP) is -0.903. The molecule has 2 amide bonds. The highest BCUT2D eigenvalue weighted by Gasteiger charge is 2.30. The first-order valence-electron chi connectivity index (χ1n) is 4.19. The number of nitrogens with one attached hydrogen (secondary N) is 1. The normalized spacial score (nSPS) is 13.5. The van der Waals surface area contributed by atoms with Crippen molar-refractivity contribution in [3.63, 3.8) is 0 Å². The lowest BCUT2D eigenvalue weighted by molar-refractivity contribution is -0.155. The predicted molar refractivity (Wildman–Crippen MR) is 53.1 cm³/mol. The van der Waals surface area contributed by atoms with Gasteiger partial charge in [-0.2, -0.15) is 0 Å². The molecule has 0 aromatic carbocycles. The number of aliphatic carboxylic acids is 1. The Labute approximate surface area is 87.9 Å². The number of aliphatic hydroxyl groups is 1. The number of terminal acetylenes is 1. The van der Waals surface area contributed by atoms with Gasteiger partial charge in [0.25, 0.3) is 0 Å². The first-order valence-corrected chi connectivity index (χ1v) is 4.19. The Bertz CT molecular complexity index is 293. The quantitative estimate of drug-likeness (QED) is 0.529. The lowest BCUT2D eigenvalue weighted by Crippen LogP contribution is -2.49. The summed E-state index contributed by atoms with van der Waals surface area (Å²) in [7, 11) is 1.46. The van der Waals surface area contributed by atoms with Crippen LogP contribution in [0, 0.1) is 12.3 Å². The molecule has 0 spiro atoms. The van der Waals surface area contributed by atoms with Crippen LogP contribution in [0.2, 0.25) is 0 Å². The molecule has 0 saturated carbocycles. The molecular weight excluding hydrogens is 200 g/mol. The lowest BCUT2D eigenvalue weighted by Gasteiger charge is -2.21. The Balaban J connectivity index is 4.12. The number of hydrogen-bond acceptors (Lipinski definition) is 3. The molecule has 0 rings (SSSR count). The van der Waals surface area contributed by atoms with Crippen LogP contribution in [0.3, 0.4) is 0 Å². The van der Waals surface area contributed by atoms with Crippen molar-refractivity contribution in [2.75, 3.05) is 20.1 Å². The number of carbonyl (C=O) groups is 2. The number of carbonyl (C=O) groups excluding carboxylic acids is 1. The first kappa shape index (κ1) is 13.3. The number of urea groups is 1. The van der Waals surface area contributed by atoms with Crippen molar-refractivity contribution in [1.29, 1.82) is 0 Å². The molecule has 0 bridgehead atoms. The van der Waals surface area contributed by atoms with E-state index in [9.17, 15) is 14.7 Å². The van der Waals surface area contributed by atoms with Crippen molar-refractivity contribution in [3.05, 3.63) is 0 Å². The zero-order valence-electron chi connectivity index (χ0n) is 8.65. The topological polar surface area (TPSA) is 89.9 Å². The van der Waals surface area contributed by atoms with Crippen LogP contribution in [0.4, 0.5) is 4.79 Å². The molecule has 1 unspecified atom stereocenters. The number of amides is 2. The largest absolute Gasteiger partial charge is 0.479 e. The second-order valence-electron chi connectivity index (χ2n) is 3.30. The molecule has 15 heavy (non-hydrogen) atoms. The fraction of sp³-hybridized carbons (Fsp3) is 0.556. The summed E-state index contributed by atoms with van der Waals surface area (Å²) in [4.78, 5) is 22.9. The highest BCUT2D eigenvalue weighted by Crippen LogP contribution is 2.00. The van der Waals surface area contributed by atoms with Gasteiger partial charge in [-0.3, -0.25) is 0 Å². The van der Waals surface area contributed by atoms with Crippen molar-refractivity contribution in [2.24, 2.45) is 0 Å². The van der Waals surface area contributed by atoms with Gasteiger partial charge in [-0.1, -0.05) is 5.92 Å². The molecule has 0 fully saturated rings. The second kappa shape index (κ2) is 5.22. The maximum Gasteiger partial charge on any atom is 0.337 e. The van der Waals surface area contributed by atoms with E-state index in [1.165, 1.54) is 11.9 Å². The van der Waals surface area contributed by atoms with Crippen LogP contribution < -0.4 is 5.32 Å².